The molecule has 0 atom stereocenters. The van der Waals surface area contributed by atoms with Gasteiger partial charge in [-0.1, -0.05) is 6.07 Å². The van der Waals surface area contributed by atoms with Gasteiger partial charge in [-0.05, 0) is 44.5 Å². The molecule has 184 valence electrons. The van der Waals surface area contributed by atoms with Gasteiger partial charge < -0.3 is 29.7 Å². The summed E-state index contributed by atoms with van der Waals surface area (Å²) >= 11 is 0. The lowest BCUT2D eigenvalue weighted by molar-refractivity contribution is 0.145. The number of piperazine rings is 1. The normalized spacial score (nSPS) is 14.6. The van der Waals surface area contributed by atoms with Crippen molar-refractivity contribution in [3.8, 4) is 23.3 Å². The fraction of sp³-hybridized carbons (Fsp3) is 0.407. The van der Waals surface area contributed by atoms with Crippen LogP contribution in [-0.4, -0.2) is 73.4 Å². The van der Waals surface area contributed by atoms with Gasteiger partial charge in [-0.25, -0.2) is 0 Å². The number of benzene rings is 2. The van der Waals surface area contributed by atoms with E-state index < -0.39 is 0 Å². The molecule has 0 radical (unpaired) electrons. The van der Waals surface area contributed by atoms with E-state index in [1.807, 2.05) is 32.0 Å². The Bertz CT molecular complexity index is 1250. The van der Waals surface area contributed by atoms with E-state index in [0.29, 0.717) is 34.9 Å². The fourth-order valence-corrected chi connectivity index (χ4v) is 4.34. The third kappa shape index (κ3) is 5.59. The first-order valence-corrected chi connectivity index (χ1v) is 11.9. The van der Waals surface area contributed by atoms with Crippen molar-refractivity contribution in [2.24, 2.45) is 0 Å². The van der Waals surface area contributed by atoms with Gasteiger partial charge in [0.1, 0.15) is 11.8 Å². The monoisotopic (exact) mass is 475 g/mol. The summed E-state index contributed by atoms with van der Waals surface area (Å²) in [4.78, 5) is 9.31. The van der Waals surface area contributed by atoms with Gasteiger partial charge in [-0.3, -0.25) is 4.98 Å². The maximum atomic E-state index is 10.2. The summed E-state index contributed by atoms with van der Waals surface area (Å²) in [5.41, 5.74) is 4.19. The second kappa shape index (κ2) is 10.8. The molecule has 1 aliphatic rings. The Balaban J connectivity index is 1.56. The third-order valence-corrected chi connectivity index (χ3v) is 6.55. The van der Waals surface area contributed by atoms with Crippen molar-refractivity contribution < 1.29 is 14.6 Å². The van der Waals surface area contributed by atoms with Crippen LogP contribution in [0, 0.1) is 25.2 Å². The number of nitriles is 1. The number of methoxy groups -OCH3 is 1. The van der Waals surface area contributed by atoms with Gasteiger partial charge in [-0.15, -0.1) is 0 Å². The summed E-state index contributed by atoms with van der Waals surface area (Å²) < 4.78 is 11.7. The first kappa shape index (κ1) is 24.6. The minimum Gasteiger partial charge on any atom is -0.508 e. The van der Waals surface area contributed by atoms with Gasteiger partial charge in [0.15, 0.2) is 11.5 Å². The van der Waals surface area contributed by atoms with Crippen molar-refractivity contribution in [3.05, 3.63) is 47.2 Å². The van der Waals surface area contributed by atoms with Gasteiger partial charge in [0.05, 0.1) is 30.5 Å². The molecule has 1 fully saturated rings. The van der Waals surface area contributed by atoms with E-state index in [4.69, 9.17) is 9.47 Å². The molecular weight excluding hydrogens is 442 g/mol. The lowest BCUT2D eigenvalue weighted by atomic mass is 10.1. The van der Waals surface area contributed by atoms with Crippen LogP contribution in [0.4, 0.5) is 11.4 Å². The lowest BCUT2D eigenvalue weighted by Gasteiger charge is -2.32. The number of nitrogens with one attached hydrogen (secondary N) is 1. The number of rotatable bonds is 8. The summed E-state index contributed by atoms with van der Waals surface area (Å²) in [5.74, 6) is 1.41. The number of likely N-dealkylation sites (N-methyl/N-ethyl adjacent to an activating group) is 1. The summed E-state index contributed by atoms with van der Waals surface area (Å²) in [6, 6.07) is 9.50. The van der Waals surface area contributed by atoms with Crippen molar-refractivity contribution in [3.63, 3.8) is 0 Å². The molecule has 0 unspecified atom stereocenters. The molecule has 1 saturated heterocycles. The average Bonchev–Trinajstić information content (AvgIpc) is 2.85. The van der Waals surface area contributed by atoms with Gasteiger partial charge in [0, 0.05) is 62.1 Å². The second-order valence-corrected chi connectivity index (χ2v) is 9.10. The van der Waals surface area contributed by atoms with E-state index >= 15 is 0 Å². The number of ether oxygens (including phenoxy) is 2. The molecule has 1 aliphatic heterocycles. The Labute approximate surface area is 206 Å². The molecule has 4 rings (SSSR count). The Kier molecular flexibility index (Phi) is 7.59. The second-order valence-electron chi connectivity index (χ2n) is 9.10. The molecule has 0 spiro atoms. The summed E-state index contributed by atoms with van der Waals surface area (Å²) in [7, 11) is 3.77. The van der Waals surface area contributed by atoms with Crippen LogP contribution in [0.2, 0.25) is 0 Å². The number of fused-ring (bicyclic) bond motifs is 1. The quantitative estimate of drug-likeness (QED) is 0.468. The minimum atomic E-state index is 0.194. The van der Waals surface area contributed by atoms with E-state index in [1.165, 1.54) is 0 Å². The molecule has 0 aliphatic carbocycles. The summed E-state index contributed by atoms with van der Waals surface area (Å²) in [5, 5.41) is 24.0. The number of hydrogen-bond acceptors (Lipinski definition) is 8. The SMILES string of the molecule is COc1cc2c(Nc3cc(O)c(C)cc3C)c(C#N)cnc2cc1OCCCN1CCN(C)CC1. The fourth-order valence-electron chi connectivity index (χ4n) is 4.34. The van der Waals surface area contributed by atoms with Crippen molar-refractivity contribution in [1.29, 1.82) is 5.26 Å². The van der Waals surface area contributed by atoms with Crippen LogP contribution < -0.4 is 14.8 Å². The van der Waals surface area contributed by atoms with E-state index in [0.717, 1.165) is 61.3 Å². The van der Waals surface area contributed by atoms with E-state index in [9.17, 15) is 10.4 Å². The molecule has 1 aromatic heterocycles. The summed E-state index contributed by atoms with van der Waals surface area (Å²) in [6.07, 6.45) is 2.48. The topological polar surface area (TPSA) is 93.9 Å². The Morgan fingerprint density at radius 3 is 2.57 bits per heavy atom. The van der Waals surface area contributed by atoms with E-state index in [1.54, 1.807) is 19.4 Å². The molecule has 2 N–H and O–H groups in total. The Hall–Kier alpha value is -3.54. The minimum absolute atomic E-state index is 0.194. The van der Waals surface area contributed by atoms with Crippen LogP contribution in [0.3, 0.4) is 0 Å². The molecule has 2 aromatic carbocycles. The molecule has 0 bridgehead atoms. The molecule has 2 heterocycles. The molecule has 8 nitrogen and oxygen atoms in total. The number of nitrogens with zero attached hydrogens (tertiary/aromatic N) is 4. The highest BCUT2D eigenvalue weighted by atomic mass is 16.5. The average molecular weight is 476 g/mol. The maximum Gasteiger partial charge on any atom is 0.163 e. The molecule has 0 amide bonds. The first-order chi connectivity index (χ1) is 16.9. The van der Waals surface area contributed by atoms with E-state index in [-0.39, 0.29) is 5.75 Å². The Morgan fingerprint density at radius 2 is 1.86 bits per heavy atom. The zero-order valence-corrected chi connectivity index (χ0v) is 20.9. The number of aryl methyl sites for hydroxylation is 2. The largest absolute Gasteiger partial charge is 0.508 e. The highest BCUT2D eigenvalue weighted by molar-refractivity contribution is 5.98. The van der Waals surface area contributed by atoms with Gasteiger partial charge in [0.2, 0.25) is 0 Å². The van der Waals surface area contributed by atoms with Crippen LogP contribution in [0.15, 0.2) is 30.5 Å². The zero-order valence-electron chi connectivity index (χ0n) is 20.9. The molecule has 3 aromatic rings. The van der Waals surface area contributed by atoms with Crippen molar-refractivity contribution in [1.82, 2.24) is 14.8 Å². The predicted octanol–water partition coefficient (Wildman–Crippen LogP) is 4.20. The number of phenolic OH excluding ortho intramolecular Hbond substituents is 1. The lowest BCUT2D eigenvalue weighted by Crippen LogP contribution is -2.44. The molecule has 0 saturated carbocycles. The number of pyridine rings is 1. The summed E-state index contributed by atoms with van der Waals surface area (Å²) in [6.45, 7) is 9.79. The van der Waals surface area contributed by atoms with Crippen LogP contribution in [0.5, 0.6) is 17.2 Å². The smallest absolute Gasteiger partial charge is 0.163 e. The van der Waals surface area contributed by atoms with Gasteiger partial charge in [-0.2, -0.15) is 5.26 Å². The highest BCUT2D eigenvalue weighted by Crippen LogP contribution is 2.38. The van der Waals surface area contributed by atoms with Crippen LogP contribution in [-0.2, 0) is 0 Å². The predicted molar refractivity (Wildman–Crippen MR) is 138 cm³/mol. The van der Waals surface area contributed by atoms with Gasteiger partial charge in [0.25, 0.3) is 0 Å². The molecule has 35 heavy (non-hydrogen) atoms. The number of phenols is 1. The van der Waals surface area contributed by atoms with Gasteiger partial charge >= 0.3 is 0 Å². The van der Waals surface area contributed by atoms with Crippen LogP contribution >= 0.6 is 0 Å². The first-order valence-electron chi connectivity index (χ1n) is 11.9. The van der Waals surface area contributed by atoms with Crippen molar-refractivity contribution in [2.45, 2.75) is 20.3 Å². The highest BCUT2D eigenvalue weighted by Gasteiger charge is 2.17. The van der Waals surface area contributed by atoms with E-state index in [2.05, 4.69) is 33.2 Å². The standard InChI is InChI=1S/C27H33N5O3/c1-18-12-19(2)24(33)14-22(18)30-27-20(16-28)17-29-23-15-26(25(34-4)13-21(23)27)35-11-5-6-32-9-7-31(3)8-10-32/h12-15,17,33H,5-11H2,1-4H3,(H,29,30). The van der Waals surface area contributed by atoms with Crippen molar-refractivity contribution in [2.75, 3.05) is 58.8 Å². The maximum absolute atomic E-state index is 10.2. The number of hydrogen-bond donors (Lipinski definition) is 2. The zero-order chi connectivity index (χ0) is 24.9. The molecular formula is C27H33N5O3. The molecule has 8 heteroatoms. The van der Waals surface area contributed by atoms with Crippen LogP contribution in [0.1, 0.15) is 23.1 Å². The number of aromatic nitrogens is 1. The van der Waals surface area contributed by atoms with Crippen LogP contribution in [0.25, 0.3) is 10.9 Å². The number of aromatic hydroxyl groups is 1. The Morgan fingerprint density at radius 1 is 1.09 bits per heavy atom. The third-order valence-electron chi connectivity index (χ3n) is 6.55. The van der Waals surface area contributed by atoms with Crippen molar-refractivity contribution >= 4 is 22.3 Å². The number of anilines is 2.